The minimum absolute atomic E-state index is 0.169. The molecule has 0 bridgehead atoms. The van der Waals surface area contributed by atoms with Gasteiger partial charge in [0.1, 0.15) is 0 Å². The van der Waals surface area contributed by atoms with Crippen molar-refractivity contribution in [1.29, 1.82) is 0 Å². The number of hydrogen-bond acceptors (Lipinski definition) is 2. The average Bonchev–Trinajstić information content (AvgIpc) is 2.20. The SMILES string of the molecule is CC[C@@H](N)[C@@H](O)c1ccc(C)c(C)c1. The molecule has 0 heterocycles. The lowest BCUT2D eigenvalue weighted by Gasteiger charge is -2.18. The van der Waals surface area contributed by atoms with Gasteiger partial charge in [-0.3, -0.25) is 0 Å². The van der Waals surface area contributed by atoms with Crippen molar-refractivity contribution >= 4 is 0 Å². The summed E-state index contributed by atoms with van der Waals surface area (Å²) in [5, 5.41) is 9.88. The van der Waals surface area contributed by atoms with Crippen LogP contribution in [0.3, 0.4) is 0 Å². The molecule has 0 saturated heterocycles. The van der Waals surface area contributed by atoms with Gasteiger partial charge in [-0.15, -0.1) is 0 Å². The predicted molar refractivity (Wildman–Crippen MR) is 59.1 cm³/mol. The molecule has 0 fully saturated rings. The molecule has 0 saturated carbocycles. The van der Waals surface area contributed by atoms with Crippen LogP contribution in [0.25, 0.3) is 0 Å². The zero-order valence-corrected chi connectivity index (χ0v) is 9.12. The van der Waals surface area contributed by atoms with E-state index in [9.17, 15) is 5.11 Å². The van der Waals surface area contributed by atoms with E-state index in [1.54, 1.807) is 0 Å². The van der Waals surface area contributed by atoms with Crippen LogP contribution < -0.4 is 5.73 Å². The van der Waals surface area contributed by atoms with E-state index in [-0.39, 0.29) is 6.04 Å². The second kappa shape index (κ2) is 4.58. The van der Waals surface area contributed by atoms with Crippen molar-refractivity contribution in [3.8, 4) is 0 Å². The predicted octanol–water partition coefficient (Wildman–Crippen LogP) is 2.07. The third-order valence-electron chi connectivity index (χ3n) is 2.75. The summed E-state index contributed by atoms with van der Waals surface area (Å²) in [6.07, 6.45) is 0.243. The molecule has 0 amide bonds. The fourth-order valence-electron chi connectivity index (χ4n) is 1.42. The van der Waals surface area contributed by atoms with Crippen molar-refractivity contribution in [2.45, 2.75) is 39.3 Å². The summed E-state index contributed by atoms with van der Waals surface area (Å²) in [5.74, 6) is 0. The van der Waals surface area contributed by atoms with E-state index < -0.39 is 6.10 Å². The van der Waals surface area contributed by atoms with E-state index in [1.165, 1.54) is 11.1 Å². The summed E-state index contributed by atoms with van der Waals surface area (Å²) >= 11 is 0. The van der Waals surface area contributed by atoms with E-state index >= 15 is 0 Å². The summed E-state index contributed by atoms with van der Waals surface area (Å²) in [7, 11) is 0. The van der Waals surface area contributed by atoms with Crippen LogP contribution in [0.4, 0.5) is 0 Å². The maximum Gasteiger partial charge on any atom is 0.0940 e. The average molecular weight is 193 g/mol. The molecule has 0 radical (unpaired) electrons. The van der Waals surface area contributed by atoms with Crippen molar-refractivity contribution < 1.29 is 5.11 Å². The van der Waals surface area contributed by atoms with Gasteiger partial charge in [-0.2, -0.15) is 0 Å². The van der Waals surface area contributed by atoms with Crippen molar-refractivity contribution in [2.75, 3.05) is 0 Å². The molecule has 2 nitrogen and oxygen atoms in total. The Morgan fingerprint density at radius 1 is 1.29 bits per heavy atom. The molecule has 0 aliphatic carbocycles. The van der Waals surface area contributed by atoms with Gasteiger partial charge < -0.3 is 10.8 Å². The third kappa shape index (κ3) is 2.34. The number of rotatable bonds is 3. The first-order valence-electron chi connectivity index (χ1n) is 5.07. The second-order valence-corrected chi connectivity index (χ2v) is 3.86. The standard InChI is InChI=1S/C12H19NO/c1-4-11(13)12(14)10-6-5-8(2)9(3)7-10/h5-7,11-12,14H,4,13H2,1-3H3/t11-,12+/m1/s1. The Labute approximate surface area is 85.8 Å². The molecule has 0 aliphatic heterocycles. The topological polar surface area (TPSA) is 46.2 Å². The van der Waals surface area contributed by atoms with Crippen molar-refractivity contribution in [2.24, 2.45) is 5.73 Å². The number of aliphatic hydroxyl groups is 1. The van der Waals surface area contributed by atoms with Crippen LogP contribution in [-0.4, -0.2) is 11.1 Å². The molecule has 0 aliphatic rings. The highest BCUT2D eigenvalue weighted by Gasteiger charge is 2.14. The lowest BCUT2D eigenvalue weighted by Crippen LogP contribution is -2.27. The van der Waals surface area contributed by atoms with Gasteiger partial charge in [0.25, 0.3) is 0 Å². The van der Waals surface area contributed by atoms with E-state index in [0.717, 1.165) is 12.0 Å². The third-order valence-corrected chi connectivity index (χ3v) is 2.75. The van der Waals surface area contributed by atoms with Crippen molar-refractivity contribution in [3.63, 3.8) is 0 Å². The molecular formula is C12H19NO. The Balaban J connectivity index is 2.91. The Kier molecular flexibility index (Phi) is 3.67. The summed E-state index contributed by atoms with van der Waals surface area (Å²) in [5.41, 5.74) is 9.15. The molecule has 2 heteroatoms. The highest BCUT2D eigenvalue weighted by molar-refractivity contribution is 5.31. The van der Waals surface area contributed by atoms with Gasteiger partial charge in [-0.25, -0.2) is 0 Å². The van der Waals surface area contributed by atoms with Crippen LogP contribution in [0, 0.1) is 13.8 Å². The molecular weight excluding hydrogens is 174 g/mol. The van der Waals surface area contributed by atoms with Crippen LogP contribution in [0.15, 0.2) is 18.2 Å². The second-order valence-electron chi connectivity index (χ2n) is 3.86. The Morgan fingerprint density at radius 2 is 1.93 bits per heavy atom. The molecule has 3 N–H and O–H groups in total. The lowest BCUT2D eigenvalue weighted by molar-refractivity contribution is 0.144. The van der Waals surface area contributed by atoms with Gasteiger partial charge >= 0.3 is 0 Å². The first-order valence-corrected chi connectivity index (χ1v) is 5.07. The Bertz CT molecular complexity index is 309. The monoisotopic (exact) mass is 193 g/mol. The number of hydrogen-bond donors (Lipinski definition) is 2. The Morgan fingerprint density at radius 3 is 2.43 bits per heavy atom. The van der Waals surface area contributed by atoms with E-state index in [2.05, 4.69) is 6.92 Å². The van der Waals surface area contributed by atoms with E-state index in [1.807, 2.05) is 32.0 Å². The van der Waals surface area contributed by atoms with Crippen molar-refractivity contribution in [1.82, 2.24) is 0 Å². The van der Waals surface area contributed by atoms with E-state index in [4.69, 9.17) is 5.73 Å². The largest absolute Gasteiger partial charge is 0.387 e. The summed E-state index contributed by atoms with van der Waals surface area (Å²) < 4.78 is 0. The van der Waals surface area contributed by atoms with Crippen LogP contribution in [0.5, 0.6) is 0 Å². The molecule has 1 aromatic rings. The van der Waals surface area contributed by atoms with Crippen LogP contribution >= 0.6 is 0 Å². The number of aryl methyl sites for hydroxylation is 2. The van der Waals surface area contributed by atoms with E-state index in [0.29, 0.717) is 0 Å². The van der Waals surface area contributed by atoms with Gasteiger partial charge in [0.2, 0.25) is 0 Å². The molecule has 78 valence electrons. The molecule has 1 rings (SSSR count). The molecule has 0 unspecified atom stereocenters. The maximum absolute atomic E-state index is 9.88. The van der Waals surface area contributed by atoms with Gasteiger partial charge in [0.05, 0.1) is 6.10 Å². The Hall–Kier alpha value is -0.860. The molecule has 2 atom stereocenters. The zero-order valence-electron chi connectivity index (χ0n) is 9.12. The van der Waals surface area contributed by atoms with Gasteiger partial charge in [0, 0.05) is 6.04 Å². The molecule has 1 aromatic carbocycles. The first-order chi connectivity index (χ1) is 6.56. The summed E-state index contributed by atoms with van der Waals surface area (Å²) in [6.45, 7) is 6.09. The van der Waals surface area contributed by atoms with Crippen LogP contribution in [0.1, 0.15) is 36.1 Å². The fourth-order valence-corrected chi connectivity index (χ4v) is 1.42. The summed E-state index contributed by atoms with van der Waals surface area (Å²) in [6, 6.07) is 5.81. The smallest absolute Gasteiger partial charge is 0.0940 e. The van der Waals surface area contributed by atoms with Crippen LogP contribution in [-0.2, 0) is 0 Å². The number of aliphatic hydroxyl groups excluding tert-OH is 1. The van der Waals surface area contributed by atoms with Gasteiger partial charge in [-0.05, 0) is 37.0 Å². The summed E-state index contributed by atoms with van der Waals surface area (Å²) in [4.78, 5) is 0. The highest BCUT2D eigenvalue weighted by atomic mass is 16.3. The van der Waals surface area contributed by atoms with Crippen LogP contribution in [0.2, 0.25) is 0 Å². The normalized spacial score (nSPS) is 15.2. The molecule has 0 aromatic heterocycles. The molecule has 14 heavy (non-hydrogen) atoms. The number of benzene rings is 1. The molecule has 0 spiro atoms. The quantitative estimate of drug-likeness (QED) is 0.772. The number of nitrogens with two attached hydrogens (primary N) is 1. The maximum atomic E-state index is 9.88. The minimum Gasteiger partial charge on any atom is -0.387 e. The first kappa shape index (κ1) is 11.2. The van der Waals surface area contributed by atoms with Crippen molar-refractivity contribution in [3.05, 3.63) is 34.9 Å². The van der Waals surface area contributed by atoms with Gasteiger partial charge in [0.15, 0.2) is 0 Å². The fraction of sp³-hybridized carbons (Fsp3) is 0.500. The zero-order chi connectivity index (χ0) is 10.7. The van der Waals surface area contributed by atoms with Gasteiger partial charge in [-0.1, -0.05) is 25.1 Å². The highest BCUT2D eigenvalue weighted by Crippen LogP contribution is 2.20. The lowest BCUT2D eigenvalue weighted by atomic mass is 9.97. The minimum atomic E-state index is -0.542.